The molecule has 0 unspecified atom stereocenters. The molecule has 0 bridgehead atoms. The Morgan fingerprint density at radius 1 is 1.36 bits per heavy atom. The number of hydrogen-bond acceptors (Lipinski definition) is 6. The number of fused-ring (bicyclic) bond motifs is 2. The number of allylic oxidation sites excluding steroid dienone is 2. The van der Waals surface area contributed by atoms with Crippen molar-refractivity contribution in [3.63, 3.8) is 0 Å². The molecule has 0 radical (unpaired) electrons. The van der Waals surface area contributed by atoms with Gasteiger partial charge in [-0.2, -0.15) is 0 Å². The molecule has 0 aromatic rings. The predicted molar refractivity (Wildman–Crippen MR) is 88.1 cm³/mol. The van der Waals surface area contributed by atoms with E-state index in [1.54, 1.807) is 19.9 Å². The normalized spacial score (nSPS) is 45.4. The fourth-order valence-electron chi connectivity index (χ4n) is 4.61. The van der Waals surface area contributed by atoms with E-state index in [1.807, 2.05) is 6.92 Å². The Labute approximate surface area is 146 Å². The van der Waals surface area contributed by atoms with Crippen LogP contribution >= 0.6 is 0 Å². The number of aliphatic hydroxyl groups is 1. The van der Waals surface area contributed by atoms with Crippen LogP contribution in [0.5, 0.6) is 0 Å². The van der Waals surface area contributed by atoms with Gasteiger partial charge in [0.1, 0.15) is 12.2 Å². The summed E-state index contributed by atoms with van der Waals surface area (Å²) in [5.74, 6) is -3.03. The molecule has 8 atom stereocenters. The molecule has 0 aromatic carbocycles. The van der Waals surface area contributed by atoms with E-state index >= 15 is 0 Å². The van der Waals surface area contributed by atoms with Crippen LogP contribution in [0.3, 0.4) is 0 Å². The van der Waals surface area contributed by atoms with E-state index in [0.29, 0.717) is 0 Å². The number of carbonyl (C=O) groups is 3. The summed E-state index contributed by atoms with van der Waals surface area (Å²) in [7, 11) is 0. The zero-order valence-electron chi connectivity index (χ0n) is 14.9. The number of aliphatic hydroxyl groups excluding tert-OH is 1. The van der Waals surface area contributed by atoms with E-state index < -0.39 is 47.5 Å². The minimum atomic E-state index is -1.05. The van der Waals surface area contributed by atoms with E-state index in [0.717, 1.165) is 0 Å². The Morgan fingerprint density at radius 3 is 2.60 bits per heavy atom. The Morgan fingerprint density at radius 2 is 2.00 bits per heavy atom. The lowest BCUT2D eigenvalue weighted by atomic mass is 9.66. The highest BCUT2D eigenvalue weighted by molar-refractivity contribution is 5.99. The lowest BCUT2D eigenvalue weighted by molar-refractivity contribution is -0.163. The molecule has 25 heavy (non-hydrogen) atoms. The molecular weight excluding hydrogens is 324 g/mol. The summed E-state index contributed by atoms with van der Waals surface area (Å²) in [6.45, 7) is 10.4. The number of ether oxygens (including phenoxy) is 2. The molecule has 0 aromatic heterocycles. The quantitative estimate of drug-likeness (QED) is 0.600. The first kappa shape index (κ1) is 17.9. The van der Waals surface area contributed by atoms with Gasteiger partial charge >= 0.3 is 11.9 Å². The van der Waals surface area contributed by atoms with Crippen LogP contribution in [-0.4, -0.2) is 41.1 Å². The van der Waals surface area contributed by atoms with Crippen molar-refractivity contribution >= 4 is 17.7 Å². The van der Waals surface area contributed by atoms with Crippen LogP contribution in [-0.2, 0) is 23.9 Å². The van der Waals surface area contributed by atoms with Gasteiger partial charge in [0, 0.05) is 11.5 Å². The third-order valence-electron chi connectivity index (χ3n) is 6.22. The maximum Gasteiger partial charge on any atom is 0.333 e. The molecule has 1 saturated heterocycles. The Kier molecular flexibility index (Phi) is 4.14. The zero-order valence-corrected chi connectivity index (χ0v) is 14.9. The average molecular weight is 348 g/mol. The summed E-state index contributed by atoms with van der Waals surface area (Å²) in [5.41, 5.74) is -0.835. The monoisotopic (exact) mass is 348 g/mol. The highest BCUT2D eigenvalue weighted by Gasteiger charge is 2.65. The van der Waals surface area contributed by atoms with Crippen molar-refractivity contribution in [2.75, 3.05) is 0 Å². The van der Waals surface area contributed by atoms with Gasteiger partial charge in [-0.15, -0.1) is 0 Å². The van der Waals surface area contributed by atoms with E-state index in [2.05, 4.69) is 6.58 Å². The van der Waals surface area contributed by atoms with Crippen LogP contribution in [0.2, 0.25) is 0 Å². The second-order valence-electron chi connectivity index (χ2n) is 7.76. The Bertz CT molecular complexity index is 679. The van der Waals surface area contributed by atoms with Crippen LogP contribution in [0.25, 0.3) is 0 Å². The predicted octanol–water partition coefficient (Wildman–Crippen LogP) is 1.42. The maximum atomic E-state index is 12.8. The van der Waals surface area contributed by atoms with Crippen LogP contribution in [0.4, 0.5) is 0 Å². The minimum Gasteiger partial charge on any atom is -0.459 e. The minimum absolute atomic E-state index is 0.164. The molecule has 6 nitrogen and oxygen atoms in total. The van der Waals surface area contributed by atoms with Gasteiger partial charge in [0.2, 0.25) is 0 Å². The summed E-state index contributed by atoms with van der Waals surface area (Å²) in [5, 5.41) is 10.8. The molecule has 1 N–H and O–H groups in total. The highest BCUT2D eigenvalue weighted by atomic mass is 16.6. The maximum absolute atomic E-state index is 12.8. The van der Waals surface area contributed by atoms with Gasteiger partial charge in [0.15, 0.2) is 5.78 Å². The molecule has 1 saturated carbocycles. The fourth-order valence-corrected chi connectivity index (χ4v) is 4.61. The SMILES string of the molecule is C=C(C)C(=O)O[C@H]1[C@H]2[C@H](OC(=O)[C@H]2C)[C@H](O)[C@@H](C)[C@@H]2C=CC(=O)[C@]21C. The number of carbonyl (C=O) groups excluding carboxylic acids is 3. The standard InChI is InChI=1S/C19H24O6/c1-8(2)17(22)25-16-13-10(4)18(23)24-15(13)14(21)9(3)11-6-7-12(20)19(11,16)5/h6-7,9-11,13-16,21H,1H2,2-5H3/t9-,10-,11-,13+,14+,15-,16-,19-/m0/s1. The Hall–Kier alpha value is -1.95. The third-order valence-corrected chi connectivity index (χ3v) is 6.22. The highest BCUT2D eigenvalue weighted by Crippen LogP contribution is 2.54. The molecule has 1 aliphatic heterocycles. The van der Waals surface area contributed by atoms with Gasteiger partial charge in [-0.25, -0.2) is 4.79 Å². The lowest BCUT2D eigenvalue weighted by Crippen LogP contribution is -2.50. The topological polar surface area (TPSA) is 89.9 Å². The van der Waals surface area contributed by atoms with E-state index in [-0.39, 0.29) is 23.2 Å². The van der Waals surface area contributed by atoms with Gasteiger partial charge in [-0.05, 0) is 31.8 Å². The molecular formula is C19H24O6. The molecule has 0 spiro atoms. The molecule has 3 aliphatic rings. The molecule has 6 heteroatoms. The smallest absolute Gasteiger partial charge is 0.333 e. The van der Waals surface area contributed by atoms with Crippen LogP contribution in [0, 0.1) is 29.1 Å². The summed E-state index contributed by atoms with van der Waals surface area (Å²) >= 11 is 0. The molecule has 1 heterocycles. The first-order valence-corrected chi connectivity index (χ1v) is 8.58. The van der Waals surface area contributed by atoms with E-state index in [1.165, 1.54) is 13.0 Å². The van der Waals surface area contributed by atoms with Crippen molar-refractivity contribution in [1.29, 1.82) is 0 Å². The van der Waals surface area contributed by atoms with Crippen molar-refractivity contribution in [1.82, 2.24) is 0 Å². The van der Waals surface area contributed by atoms with Gasteiger partial charge < -0.3 is 14.6 Å². The van der Waals surface area contributed by atoms with E-state index in [9.17, 15) is 19.5 Å². The largest absolute Gasteiger partial charge is 0.459 e. The number of hydrogen-bond donors (Lipinski definition) is 1. The van der Waals surface area contributed by atoms with Crippen LogP contribution < -0.4 is 0 Å². The summed E-state index contributed by atoms with van der Waals surface area (Å²) < 4.78 is 11.1. The average Bonchev–Trinajstić information content (AvgIpc) is 3.00. The second-order valence-corrected chi connectivity index (χ2v) is 7.76. The van der Waals surface area contributed by atoms with Crippen molar-refractivity contribution in [3.05, 3.63) is 24.3 Å². The van der Waals surface area contributed by atoms with Gasteiger partial charge in [0.25, 0.3) is 0 Å². The first-order valence-electron chi connectivity index (χ1n) is 8.58. The van der Waals surface area contributed by atoms with Crippen molar-refractivity contribution in [2.45, 2.75) is 46.0 Å². The summed E-state index contributed by atoms with van der Waals surface area (Å²) in [4.78, 5) is 37.2. The number of rotatable bonds is 2. The molecule has 2 aliphatic carbocycles. The first-order chi connectivity index (χ1) is 11.6. The Balaban J connectivity index is 2.14. The summed E-state index contributed by atoms with van der Waals surface area (Å²) in [6.07, 6.45) is 0.635. The number of ketones is 1. The van der Waals surface area contributed by atoms with Crippen LogP contribution in [0.15, 0.2) is 24.3 Å². The number of esters is 2. The van der Waals surface area contributed by atoms with Crippen molar-refractivity contribution < 1.29 is 29.0 Å². The zero-order chi connectivity index (χ0) is 18.7. The molecule has 136 valence electrons. The van der Waals surface area contributed by atoms with Crippen LogP contribution in [0.1, 0.15) is 27.7 Å². The van der Waals surface area contributed by atoms with Gasteiger partial charge in [-0.3, -0.25) is 9.59 Å². The fraction of sp³-hybridized carbons (Fsp3) is 0.632. The third kappa shape index (κ3) is 2.38. The molecule has 2 fully saturated rings. The summed E-state index contributed by atoms with van der Waals surface area (Å²) in [6, 6.07) is 0. The van der Waals surface area contributed by atoms with E-state index in [4.69, 9.17) is 9.47 Å². The van der Waals surface area contributed by atoms with Crippen molar-refractivity contribution in [3.8, 4) is 0 Å². The van der Waals surface area contributed by atoms with Crippen molar-refractivity contribution in [2.24, 2.45) is 29.1 Å². The lowest BCUT2D eigenvalue weighted by Gasteiger charge is -2.40. The van der Waals surface area contributed by atoms with Gasteiger partial charge in [-0.1, -0.05) is 26.5 Å². The molecule has 3 rings (SSSR count). The molecule has 0 amide bonds. The van der Waals surface area contributed by atoms with Gasteiger partial charge in [0.05, 0.1) is 17.4 Å². The second kappa shape index (κ2) is 5.80.